The molecule has 18 heavy (non-hydrogen) atoms. The molecule has 3 amide bonds. The Bertz CT molecular complexity index is 369. The van der Waals surface area contributed by atoms with Crippen LogP contribution < -0.4 is 10.6 Å². The monoisotopic (exact) mass is 254 g/mol. The summed E-state index contributed by atoms with van der Waals surface area (Å²) < 4.78 is 0. The number of carbonyl (C=O) groups is 3. The molecule has 100 valence electrons. The number of aliphatic carboxylic acids is 1. The highest BCUT2D eigenvalue weighted by Gasteiger charge is 2.40. The van der Waals surface area contributed by atoms with Crippen molar-refractivity contribution in [2.45, 2.75) is 44.6 Å². The molecule has 0 heterocycles. The fraction of sp³-hybridized carbons (Fsp3) is 0.750. The van der Waals surface area contributed by atoms with E-state index in [1.165, 1.54) is 12.8 Å². The van der Waals surface area contributed by atoms with Gasteiger partial charge in [0.1, 0.15) is 0 Å². The molecule has 3 N–H and O–H groups in total. The first kappa shape index (κ1) is 12.9. The summed E-state index contributed by atoms with van der Waals surface area (Å²) in [5, 5.41) is 13.4. The summed E-state index contributed by atoms with van der Waals surface area (Å²) in [6.07, 6.45) is 4.16. The molecule has 0 saturated heterocycles. The Labute approximate surface area is 105 Å². The van der Waals surface area contributed by atoms with E-state index in [1.807, 2.05) is 0 Å². The lowest BCUT2D eigenvalue weighted by Gasteiger charge is -2.22. The lowest BCUT2D eigenvalue weighted by atomic mass is 9.95. The van der Waals surface area contributed by atoms with Gasteiger partial charge in [0.05, 0.1) is 6.42 Å². The lowest BCUT2D eigenvalue weighted by Crippen LogP contribution is -2.46. The van der Waals surface area contributed by atoms with Gasteiger partial charge in [-0.3, -0.25) is 14.9 Å². The van der Waals surface area contributed by atoms with E-state index in [0.717, 1.165) is 18.8 Å². The maximum atomic E-state index is 11.5. The number of carboxylic acids is 1. The molecule has 0 aromatic carbocycles. The Balaban J connectivity index is 1.69. The fourth-order valence-electron chi connectivity index (χ4n) is 3.04. The van der Waals surface area contributed by atoms with Gasteiger partial charge in [0, 0.05) is 12.5 Å². The molecule has 6 heteroatoms. The summed E-state index contributed by atoms with van der Waals surface area (Å²) in [6, 6.07) is -0.320. The van der Waals surface area contributed by atoms with Gasteiger partial charge < -0.3 is 10.4 Å². The third-order valence-electron chi connectivity index (χ3n) is 3.87. The van der Waals surface area contributed by atoms with Crippen LogP contribution in [-0.2, 0) is 9.59 Å². The Morgan fingerprint density at radius 1 is 1.11 bits per heavy atom. The van der Waals surface area contributed by atoms with Crippen molar-refractivity contribution in [1.82, 2.24) is 10.6 Å². The van der Waals surface area contributed by atoms with Crippen molar-refractivity contribution < 1.29 is 19.5 Å². The van der Waals surface area contributed by atoms with Gasteiger partial charge >= 0.3 is 12.0 Å². The summed E-state index contributed by atoms with van der Waals surface area (Å²) in [4.78, 5) is 33.1. The smallest absolute Gasteiger partial charge is 0.321 e. The molecule has 2 aliphatic carbocycles. The van der Waals surface area contributed by atoms with E-state index in [0.29, 0.717) is 5.92 Å². The lowest BCUT2D eigenvalue weighted by molar-refractivity contribution is -0.138. The first-order chi connectivity index (χ1) is 8.54. The van der Waals surface area contributed by atoms with Crippen LogP contribution in [0.25, 0.3) is 0 Å². The normalized spacial score (nSPS) is 29.0. The van der Waals surface area contributed by atoms with Crippen molar-refractivity contribution in [2.75, 3.05) is 0 Å². The maximum Gasteiger partial charge on any atom is 0.321 e. The van der Waals surface area contributed by atoms with E-state index in [2.05, 4.69) is 10.6 Å². The number of carboxylic acid groups (broad SMARTS) is 1. The van der Waals surface area contributed by atoms with Crippen LogP contribution in [0.4, 0.5) is 4.79 Å². The molecular weight excluding hydrogens is 236 g/mol. The van der Waals surface area contributed by atoms with Crippen LogP contribution >= 0.6 is 0 Å². The molecular formula is C12H18N2O4. The van der Waals surface area contributed by atoms with Gasteiger partial charge in [0.25, 0.3) is 0 Å². The van der Waals surface area contributed by atoms with Gasteiger partial charge in [-0.15, -0.1) is 0 Å². The number of rotatable bonds is 4. The Morgan fingerprint density at radius 2 is 1.89 bits per heavy atom. The summed E-state index contributed by atoms with van der Waals surface area (Å²) in [6.45, 7) is 0. The largest absolute Gasteiger partial charge is 0.481 e. The van der Waals surface area contributed by atoms with Crippen molar-refractivity contribution in [2.24, 2.45) is 11.8 Å². The first-order valence-electron chi connectivity index (χ1n) is 6.36. The van der Waals surface area contributed by atoms with Crippen LogP contribution in [0.1, 0.15) is 38.5 Å². The molecule has 2 aliphatic rings. The summed E-state index contributed by atoms with van der Waals surface area (Å²) in [5.41, 5.74) is 0. The predicted octanol–water partition coefficient (Wildman–Crippen LogP) is 0.866. The van der Waals surface area contributed by atoms with Crippen molar-refractivity contribution >= 4 is 17.9 Å². The van der Waals surface area contributed by atoms with Crippen molar-refractivity contribution in [1.29, 1.82) is 0 Å². The number of carbonyl (C=O) groups excluding carboxylic acids is 2. The molecule has 3 atom stereocenters. The zero-order chi connectivity index (χ0) is 13.1. The van der Waals surface area contributed by atoms with E-state index < -0.39 is 17.9 Å². The highest BCUT2D eigenvalue weighted by molar-refractivity contribution is 5.95. The van der Waals surface area contributed by atoms with Crippen LogP contribution in [0.5, 0.6) is 0 Å². The second-order valence-corrected chi connectivity index (χ2v) is 5.20. The fourth-order valence-corrected chi connectivity index (χ4v) is 3.04. The molecule has 0 aliphatic heterocycles. The quantitative estimate of drug-likeness (QED) is 0.693. The number of hydrogen-bond acceptors (Lipinski definition) is 3. The van der Waals surface area contributed by atoms with Gasteiger partial charge in [-0.25, -0.2) is 4.79 Å². The molecule has 2 fully saturated rings. The van der Waals surface area contributed by atoms with Crippen molar-refractivity contribution in [3.8, 4) is 0 Å². The average molecular weight is 254 g/mol. The molecule has 0 radical (unpaired) electrons. The SMILES string of the molecule is O=C(O)CCC(=O)NC(=O)NC1CC2CCC1C2. The third kappa shape index (κ3) is 3.21. The second-order valence-electron chi connectivity index (χ2n) is 5.20. The number of hydrogen-bond donors (Lipinski definition) is 3. The van der Waals surface area contributed by atoms with Crippen LogP contribution in [0.2, 0.25) is 0 Å². The average Bonchev–Trinajstić information content (AvgIpc) is 2.87. The Morgan fingerprint density at radius 3 is 2.44 bits per heavy atom. The second kappa shape index (κ2) is 5.37. The van der Waals surface area contributed by atoms with E-state index in [1.54, 1.807) is 0 Å². The minimum absolute atomic E-state index is 0.167. The molecule has 2 saturated carbocycles. The maximum absolute atomic E-state index is 11.5. The summed E-state index contributed by atoms with van der Waals surface area (Å²) in [5.74, 6) is -0.311. The molecule has 0 spiro atoms. The standard InChI is InChI=1S/C12H18N2O4/c15-10(3-4-11(16)17)14-12(18)13-9-6-7-1-2-8(9)5-7/h7-9H,1-6H2,(H,16,17)(H2,13,14,15,18). The van der Waals surface area contributed by atoms with Gasteiger partial charge in [-0.05, 0) is 31.1 Å². The van der Waals surface area contributed by atoms with Gasteiger partial charge in [-0.2, -0.15) is 0 Å². The number of imide groups is 1. The number of nitrogens with one attached hydrogen (secondary N) is 2. The minimum atomic E-state index is -1.04. The van der Waals surface area contributed by atoms with E-state index in [4.69, 9.17) is 5.11 Å². The number of urea groups is 1. The number of fused-ring (bicyclic) bond motifs is 2. The van der Waals surface area contributed by atoms with Crippen molar-refractivity contribution in [3.05, 3.63) is 0 Å². The molecule has 0 aromatic rings. The van der Waals surface area contributed by atoms with Crippen LogP contribution in [0, 0.1) is 11.8 Å². The molecule has 3 unspecified atom stereocenters. The number of amides is 3. The van der Waals surface area contributed by atoms with Crippen LogP contribution in [-0.4, -0.2) is 29.1 Å². The predicted molar refractivity (Wildman–Crippen MR) is 62.8 cm³/mol. The minimum Gasteiger partial charge on any atom is -0.481 e. The van der Waals surface area contributed by atoms with Crippen LogP contribution in [0.3, 0.4) is 0 Å². The summed E-state index contributed by atoms with van der Waals surface area (Å²) in [7, 11) is 0. The molecule has 2 bridgehead atoms. The Hall–Kier alpha value is -1.59. The highest BCUT2D eigenvalue weighted by Crippen LogP contribution is 2.44. The highest BCUT2D eigenvalue weighted by atomic mass is 16.4. The van der Waals surface area contributed by atoms with Gasteiger partial charge in [-0.1, -0.05) is 6.42 Å². The van der Waals surface area contributed by atoms with Gasteiger partial charge in [0.15, 0.2) is 0 Å². The van der Waals surface area contributed by atoms with E-state index in [-0.39, 0.29) is 18.9 Å². The third-order valence-corrected chi connectivity index (χ3v) is 3.87. The molecule has 2 rings (SSSR count). The zero-order valence-electron chi connectivity index (χ0n) is 10.1. The van der Waals surface area contributed by atoms with E-state index >= 15 is 0 Å². The van der Waals surface area contributed by atoms with Gasteiger partial charge in [0.2, 0.25) is 5.91 Å². The Kier molecular flexibility index (Phi) is 3.84. The first-order valence-corrected chi connectivity index (χ1v) is 6.36. The van der Waals surface area contributed by atoms with Crippen molar-refractivity contribution in [3.63, 3.8) is 0 Å². The topological polar surface area (TPSA) is 95.5 Å². The van der Waals surface area contributed by atoms with Crippen LogP contribution in [0.15, 0.2) is 0 Å². The van der Waals surface area contributed by atoms with E-state index in [9.17, 15) is 14.4 Å². The molecule has 6 nitrogen and oxygen atoms in total. The zero-order valence-corrected chi connectivity index (χ0v) is 10.1. The summed E-state index contributed by atoms with van der Waals surface area (Å²) >= 11 is 0. The molecule has 0 aromatic heterocycles.